The molecule has 2 aromatic carbocycles. The molecule has 0 saturated carbocycles. The number of carbonyl (C=O) groups excluding carboxylic acids is 1. The third-order valence-corrected chi connectivity index (χ3v) is 3.96. The van der Waals surface area contributed by atoms with Crippen molar-refractivity contribution in [1.82, 2.24) is 5.32 Å². The van der Waals surface area contributed by atoms with Crippen molar-refractivity contribution < 1.29 is 4.79 Å². The summed E-state index contributed by atoms with van der Waals surface area (Å²) in [6.07, 6.45) is 0. The number of rotatable bonds is 3. The molecule has 0 atom stereocenters. The van der Waals surface area contributed by atoms with Crippen LogP contribution in [0.2, 0.25) is 0 Å². The highest BCUT2D eigenvalue weighted by molar-refractivity contribution is 5.89. The van der Waals surface area contributed by atoms with E-state index in [1.807, 2.05) is 67.5 Å². The first-order valence-electron chi connectivity index (χ1n) is 8.68. The van der Waals surface area contributed by atoms with E-state index in [1.165, 1.54) is 5.56 Å². The minimum absolute atomic E-state index is 0.0965. The number of nitrogens with zero attached hydrogens (tertiary/aromatic N) is 1. The van der Waals surface area contributed by atoms with Gasteiger partial charge in [0, 0.05) is 25.3 Å². The van der Waals surface area contributed by atoms with Gasteiger partial charge in [-0.05, 0) is 35.2 Å². The van der Waals surface area contributed by atoms with E-state index in [2.05, 4.69) is 43.2 Å². The molecule has 0 fully saturated rings. The van der Waals surface area contributed by atoms with Gasteiger partial charge in [0.25, 0.3) is 0 Å². The molecule has 0 radical (unpaired) electrons. The molecular formula is C22H27N3O. The molecule has 0 aliphatic heterocycles. The largest absolute Gasteiger partial charge is 0.377 e. The quantitative estimate of drug-likeness (QED) is 0.815. The minimum Gasteiger partial charge on any atom is -0.377 e. The zero-order valence-corrected chi connectivity index (χ0v) is 16.2. The molecule has 4 heteroatoms. The Hall–Kier alpha value is -2.93. The van der Waals surface area contributed by atoms with Crippen LogP contribution in [0.15, 0.2) is 48.5 Å². The summed E-state index contributed by atoms with van der Waals surface area (Å²) in [7, 11) is 3.97. The van der Waals surface area contributed by atoms with Crippen molar-refractivity contribution in [3.63, 3.8) is 0 Å². The highest BCUT2D eigenvalue weighted by Crippen LogP contribution is 2.23. The van der Waals surface area contributed by atoms with Gasteiger partial charge in [-0.15, -0.1) is 0 Å². The summed E-state index contributed by atoms with van der Waals surface area (Å²) in [5.41, 5.74) is 4.09. The maximum absolute atomic E-state index is 12.0. The van der Waals surface area contributed by atoms with E-state index in [0.29, 0.717) is 0 Å². The first kappa shape index (κ1) is 19.4. The van der Waals surface area contributed by atoms with Crippen LogP contribution in [0, 0.1) is 11.8 Å². The SMILES string of the molecule is CN(C)c1ccccc1C#CCNC(=O)Nc1ccc(C(C)(C)C)cc1. The van der Waals surface area contributed by atoms with Crippen molar-refractivity contribution in [1.29, 1.82) is 0 Å². The van der Waals surface area contributed by atoms with E-state index >= 15 is 0 Å². The van der Waals surface area contributed by atoms with Crippen molar-refractivity contribution >= 4 is 17.4 Å². The number of carbonyl (C=O) groups is 1. The van der Waals surface area contributed by atoms with E-state index < -0.39 is 0 Å². The van der Waals surface area contributed by atoms with Gasteiger partial charge < -0.3 is 15.5 Å². The summed E-state index contributed by atoms with van der Waals surface area (Å²) in [5.74, 6) is 6.10. The Morgan fingerprint density at radius 3 is 2.31 bits per heavy atom. The van der Waals surface area contributed by atoms with E-state index in [4.69, 9.17) is 0 Å². The lowest BCUT2D eigenvalue weighted by atomic mass is 9.87. The fourth-order valence-corrected chi connectivity index (χ4v) is 2.46. The van der Waals surface area contributed by atoms with Gasteiger partial charge in [0.05, 0.1) is 12.2 Å². The lowest BCUT2D eigenvalue weighted by molar-refractivity contribution is 0.253. The highest BCUT2D eigenvalue weighted by Gasteiger charge is 2.13. The number of urea groups is 1. The van der Waals surface area contributed by atoms with E-state index in [-0.39, 0.29) is 18.0 Å². The average molecular weight is 349 g/mol. The summed E-state index contributed by atoms with van der Waals surface area (Å²) >= 11 is 0. The molecule has 0 spiro atoms. The van der Waals surface area contributed by atoms with Crippen LogP contribution in [-0.4, -0.2) is 26.7 Å². The number of anilines is 2. The first-order chi connectivity index (χ1) is 12.3. The van der Waals surface area contributed by atoms with Crippen molar-refractivity contribution in [2.45, 2.75) is 26.2 Å². The standard InChI is InChI=1S/C22H27N3O/c1-22(2,3)18-12-14-19(15-13-18)24-21(26)23-16-8-10-17-9-6-7-11-20(17)25(4)5/h6-7,9,11-15H,16H2,1-5H3,(H2,23,24,26). The second-order valence-corrected chi connectivity index (χ2v) is 7.35. The first-order valence-corrected chi connectivity index (χ1v) is 8.68. The number of hydrogen-bond acceptors (Lipinski definition) is 2. The van der Waals surface area contributed by atoms with Gasteiger partial charge in [0.2, 0.25) is 0 Å². The fourth-order valence-electron chi connectivity index (χ4n) is 2.46. The number of amides is 2. The second-order valence-electron chi connectivity index (χ2n) is 7.35. The Bertz CT molecular complexity index is 806. The van der Waals surface area contributed by atoms with Gasteiger partial charge in [0.1, 0.15) is 0 Å². The molecule has 2 amide bonds. The number of benzene rings is 2. The molecule has 0 bridgehead atoms. The molecule has 0 aliphatic carbocycles. The maximum atomic E-state index is 12.0. The van der Waals surface area contributed by atoms with E-state index in [9.17, 15) is 4.79 Å². The monoisotopic (exact) mass is 349 g/mol. The zero-order valence-electron chi connectivity index (χ0n) is 16.2. The molecule has 0 aromatic heterocycles. The predicted molar refractivity (Wildman–Crippen MR) is 110 cm³/mol. The molecule has 0 heterocycles. The molecule has 136 valence electrons. The Labute approximate surface area is 156 Å². The molecule has 26 heavy (non-hydrogen) atoms. The summed E-state index contributed by atoms with van der Waals surface area (Å²) < 4.78 is 0. The van der Waals surface area contributed by atoms with Crippen LogP contribution < -0.4 is 15.5 Å². The van der Waals surface area contributed by atoms with Crippen molar-refractivity contribution in [3.8, 4) is 11.8 Å². The summed E-state index contributed by atoms with van der Waals surface area (Å²) in [6, 6.07) is 15.6. The Morgan fingerprint density at radius 2 is 1.69 bits per heavy atom. The lowest BCUT2D eigenvalue weighted by Gasteiger charge is -2.19. The van der Waals surface area contributed by atoms with Crippen LogP contribution in [-0.2, 0) is 5.41 Å². The van der Waals surface area contributed by atoms with Crippen molar-refractivity contribution in [2.24, 2.45) is 0 Å². The van der Waals surface area contributed by atoms with Crippen molar-refractivity contribution in [2.75, 3.05) is 30.9 Å². The van der Waals surface area contributed by atoms with Crippen LogP contribution in [0.3, 0.4) is 0 Å². The third-order valence-electron chi connectivity index (χ3n) is 3.96. The van der Waals surface area contributed by atoms with Gasteiger partial charge >= 0.3 is 6.03 Å². The van der Waals surface area contributed by atoms with Gasteiger partial charge in [-0.25, -0.2) is 4.79 Å². The topological polar surface area (TPSA) is 44.4 Å². The normalized spacial score (nSPS) is 10.5. The lowest BCUT2D eigenvalue weighted by Crippen LogP contribution is -2.28. The number of hydrogen-bond donors (Lipinski definition) is 2. The zero-order chi connectivity index (χ0) is 19.2. The van der Waals surface area contributed by atoms with Crippen LogP contribution in [0.1, 0.15) is 31.9 Å². The Morgan fingerprint density at radius 1 is 1.04 bits per heavy atom. The van der Waals surface area contributed by atoms with Crippen LogP contribution >= 0.6 is 0 Å². The second kappa shape index (κ2) is 8.44. The number of para-hydroxylation sites is 1. The number of nitrogens with one attached hydrogen (secondary N) is 2. The Kier molecular flexibility index (Phi) is 6.30. The van der Waals surface area contributed by atoms with Gasteiger partial charge in [0.15, 0.2) is 0 Å². The molecule has 2 N–H and O–H groups in total. The Balaban J connectivity index is 1.89. The van der Waals surface area contributed by atoms with E-state index in [0.717, 1.165) is 16.9 Å². The van der Waals surface area contributed by atoms with Crippen molar-refractivity contribution in [3.05, 3.63) is 59.7 Å². The van der Waals surface area contributed by atoms with Crippen LogP contribution in [0.25, 0.3) is 0 Å². The van der Waals surface area contributed by atoms with Gasteiger partial charge in [-0.3, -0.25) is 0 Å². The molecular weight excluding hydrogens is 322 g/mol. The summed E-state index contributed by atoms with van der Waals surface area (Å²) in [4.78, 5) is 14.0. The average Bonchev–Trinajstić information content (AvgIpc) is 2.58. The molecule has 4 nitrogen and oxygen atoms in total. The molecule has 0 saturated heterocycles. The van der Waals surface area contributed by atoms with Gasteiger partial charge in [-0.2, -0.15) is 0 Å². The fraction of sp³-hybridized carbons (Fsp3) is 0.318. The van der Waals surface area contributed by atoms with Gasteiger partial charge in [-0.1, -0.05) is 56.9 Å². The molecule has 0 aliphatic rings. The molecule has 2 aromatic rings. The minimum atomic E-state index is -0.260. The summed E-state index contributed by atoms with van der Waals surface area (Å²) in [6.45, 7) is 6.77. The van der Waals surface area contributed by atoms with Crippen LogP contribution in [0.4, 0.5) is 16.2 Å². The molecule has 0 unspecified atom stereocenters. The predicted octanol–water partition coefficient (Wildman–Crippen LogP) is 4.22. The third kappa shape index (κ3) is 5.56. The smallest absolute Gasteiger partial charge is 0.319 e. The summed E-state index contributed by atoms with van der Waals surface area (Å²) in [5, 5.41) is 5.58. The maximum Gasteiger partial charge on any atom is 0.319 e. The molecule has 2 rings (SSSR count). The van der Waals surface area contributed by atoms with E-state index in [1.54, 1.807) is 0 Å². The van der Waals surface area contributed by atoms with Crippen LogP contribution in [0.5, 0.6) is 0 Å². The highest BCUT2D eigenvalue weighted by atomic mass is 16.2.